The Kier molecular flexibility index (Phi) is 6.03. The van der Waals surface area contributed by atoms with E-state index in [0.29, 0.717) is 5.92 Å². The number of nitrogens with zero attached hydrogens (tertiary/aromatic N) is 3. The number of anilines is 1. The van der Waals surface area contributed by atoms with Gasteiger partial charge in [-0.15, -0.1) is 0 Å². The van der Waals surface area contributed by atoms with Crippen molar-refractivity contribution in [1.29, 1.82) is 0 Å². The van der Waals surface area contributed by atoms with Crippen molar-refractivity contribution in [3.63, 3.8) is 0 Å². The second-order valence-corrected chi connectivity index (χ2v) is 7.65. The Hall–Kier alpha value is -2.95. The van der Waals surface area contributed by atoms with Crippen molar-refractivity contribution in [2.24, 2.45) is 4.99 Å². The third-order valence-electron chi connectivity index (χ3n) is 5.83. The van der Waals surface area contributed by atoms with Crippen LogP contribution in [0.1, 0.15) is 23.5 Å². The van der Waals surface area contributed by atoms with Crippen LogP contribution in [0.5, 0.6) is 5.75 Å². The van der Waals surface area contributed by atoms with Gasteiger partial charge in [-0.2, -0.15) is 0 Å². The zero-order chi connectivity index (χ0) is 20.1. The maximum absolute atomic E-state index is 5.28. The highest BCUT2D eigenvalue weighted by Gasteiger charge is 2.26. The topological polar surface area (TPSA) is 40.1 Å². The summed E-state index contributed by atoms with van der Waals surface area (Å²) in [7, 11) is 3.58. The summed E-state index contributed by atoms with van der Waals surface area (Å²) in [5.74, 6) is 2.42. The van der Waals surface area contributed by atoms with Crippen LogP contribution < -0.4 is 15.0 Å². The van der Waals surface area contributed by atoms with Crippen LogP contribution in [-0.2, 0) is 6.54 Å². The van der Waals surface area contributed by atoms with Crippen LogP contribution >= 0.6 is 0 Å². The van der Waals surface area contributed by atoms with Crippen LogP contribution in [0.4, 0.5) is 5.69 Å². The number of hydrogen-bond acceptors (Lipinski definition) is 3. The van der Waals surface area contributed by atoms with E-state index >= 15 is 0 Å². The highest BCUT2D eigenvalue weighted by molar-refractivity contribution is 5.80. The number of hydrogen-bond donors (Lipinski definition) is 1. The second kappa shape index (κ2) is 9.03. The van der Waals surface area contributed by atoms with Crippen LogP contribution in [-0.4, -0.2) is 51.2 Å². The predicted octanol–water partition coefficient (Wildman–Crippen LogP) is 3.64. The number of guanidine groups is 1. The minimum atomic E-state index is 0.533. The van der Waals surface area contributed by atoms with E-state index in [2.05, 4.69) is 68.7 Å². The fourth-order valence-corrected chi connectivity index (χ4v) is 4.17. The summed E-state index contributed by atoms with van der Waals surface area (Å²) in [6.07, 6.45) is 5.59. The summed E-state index contributed by atoms with van der Waals surface area (Å²) in [5, 5.41) is 3.56. The molecule has 0 saturated carbocycles. The van der Waals surface area contributed by atoms with E-state index in [1.54, 1.807) is 7.11 Å². The molecule has 152 valence electrons. The van der Waals surface area contributed by atoms with Crippen LogP contribution in [0.3, 0.4) is 0 Å². The zero-order valence-electron chi connectivity index (χ0n) is 17.3. The fourth-order valence-electron chi connectivity index (χ4n) is 4.17. The predicted molar refractivity (Wildman–Crippen MR) is 120 cm³/mol. The lowest BCUT2D eigenvalue weighted by Crippen LogP contribution is -2.39. The maximum atomic E-state index is 5.28. The molecule has 2 aromatic rings. The third kappa shape index (κ3) is 4.56. The number of nitrogens with one attached hydrogen (secondary N) is 1. The van der Waals surface area contributed by atoms with Gasteiger partial charge in [0.2, 0.25) is 0 Å². The third-order valence-corrected chi connectivity index (χ3v) is 5.83. The molecule has 0 amide bonds. The molecule has 2 aromatic carbocycles. The minimum Gasteiger partial charge on any atom is -0.497 e. The normalized spacial score (nSPS) is 19.1. The SMILES string of the molecule is CN=C(NCc1cccc(N2CC=CC2)c1)N1CCC(c2ccc(OC)cc2)C1. The smallest absolute Gasteiger partial charge is 0.193 e. The molecule has 0 radical (unpaired) electrons. The summed E-state index contributed by atoms with van der Waals surface area (Å²) in [6, 6.07) is 17.2. The Morgan fingerprint density at radius 2 is 1.93 bits per heavy atom. The average molecular weight is 391 g/mol. The van der Waals surface area contributed by atoms with Crippen molar-refractivity contribution < 1.29 is 4.74 Å². The molecule has 1 saturated heterocycles. The van der Waals surface area contributed by atoms with Gasteiger partial charge in [-0.05, 0) is 41.8 Å². The molecular weight excluding hydrogens is 360 g/mol. The van der Waals surface area contributed by atoms with Gasteiger partial charge in [0.05, 0.1) is 7.11 Å². The van der Waals surface area contributed by atoms with Crippen molar-refractivity contribution in [2.75, 3.05) is 45.2 Å². The van der Waals surface area contributed by atoms with Crippen molar-refractivity contribution in [2.45, 2.75) is 18.9 Å². The molecule has 1 atom stereocenters. The molecule has 4 rings (SSSR count). The Morgan fingerprint density at radius 1 is 1.14 bits per heavy atom. The lowest BCUT2D eigenvalue weighted by Gasteiger charge is -2.23. The molecule has 1 fully saturated rings. The highest BCUT2D eigenvalue weighted by Crippen LogP contribution is 2.28. The van der Waals surface area contributed by atoms with Gasteiger partial charge in [0.15, 0.2) is 5.96 Å². The van der Waals surface area contributed by atoms with Crippen molar-refractivity contribution in [1.82, 2.24) is 10.2 Å². The first-order valence-corrected chi connectivity index (χ1v) is 10.4. The maximum Gasteiger partial charge on any atom is 0.193 e. The summed E-state index contributed by atoms with van der Waals surface area (Å²) < 4.78 is 5.28. The molecule has 2 aliphatic rings. The monoisotopic (exact) mass is 390 g/mol. The Balaban J connectivity index is 1.34. The van der Waals surface area contributed by atoms with Gasteiger partial charge in [-0.25, -0.2) is 0 Å². The van der Waals surface area contributed by atoms with E-state index in [-0.39, 0.29) is 0 Å². The molecule has 0 aromatic heterocycles. The lowest BCUT2D eigenvalue weighted by atomic mass is 9.98. The minimum absolute atomic E-state index is 0.533. The number of ether oxygens (including phenoxy) is 1. The first-order valence-electron chi connectivity index (χ1n) is 10.4. The standard InChI is InChI=1S/C24H30N4O/c1-25-24(26-17-19-6-5-7-22(16-19)27-13-3-4-14-27)28-15-12-21(18-28)20-8-10-23(29-2)11-9-20/h3-11,16,21H,12-15,17-18H2,1-2H3,(H,25,26). The molecule has 0 spiro atoms. The summed E-state index contributed by atoms with van der Waals surface area (Å²) >= 11 is 0. The van der Waals surface area contributed by atoms with Gasteiger partial charge in [-0.3, -0.25) is 4.99 Å². The summed E-state index contributed by atoms with van der Waals surface area (Å²) in [6.45, 7) is 4.80. The first-order chi connectivity index (χ1) is 14.3. The highest BCUT2D eigenvalue weighted by atomic mass is 16.5. The number of methoxy groups -OCH3 is 1. The van der Waals surface area contributed by atoms with Gasteiger partial charge in [0.25, 0.3) is 0 Å². The average Bonchev–Trinajstić information content (AvgIpc) is 3.47. The van der Waals surface area contributed by atoms with E-state index < -0.39 is 0 Å². The number of aliphatic imine (C=N–C) groups is 1. The van der Waals surface area contributed by atoms with Gasteiger partial charge in [0.1, 0.15) is 5.75 Å². The fraction of sp³-hybridized carbons (Fsp3) is 0.375. The second-order valence-electron chi connectivity index (χ2n) is 7.65. The van der Waals surface area contributed by atoms with Gasteiger partial charge in [-0.1, -0.05) is 36.4 Å². The van der Waals surface area contributed by atoms with E-state index in [0.717, 1.165) is 50.9 Å². The molecular formula is C24H30N4O. The van der Waals surface area contributed by atoms with Crippen LogP contribution in [0.15, 0.2) is 65.7 Å². The van der Waals surface area contributed by atoms with Gasteiger partial charge < -0.3 is 19.9 Å². The molecule has 1 unspecified atom stereocenters. The van der Waals surface area contributed by atoms with Crippen LogP contribution in [0.25, 0.3) is 0 Å². The summed E-state index contributed by atoms with van der Waals surface area (Å²) in [4.78, 5) is 9.27. The van der Waals surface area contributed by atoms with Crippen molar-refractivity contribution >= 4 is 11.6 Å². The molecule has 5 nitrogen and oxygen atoms in total. The molecule has 0 bridgehead atoms. The lowest BCUT2D eigenvalue weighted by molar-refractivity contribution is 0.414. The Morgan fingerprint density at radius 3 is 2.66 bits per heavy atom. The largest absolute Gasteiger partial charge is 0.497 e. The van der Waals surface area contributed by atoms with Crippen molar-refractivity contribution in [3.05, 3.63) is 71.8 Å². The van der Waals surface area contributed by atoms with Gasteiger partial charge >= 0.3 is 0 Å². The number of likely N-dealkylation sites (tertiary alicyclic amines) is 1. The Labute approximate surface area is 173 Å². The van der Waals surface area contributed by atoms with E-state index in [1.165, 1.54) is 16.8 Å². The first kappa shape index (κ1) is 19.4. The van der Waals surface area contributed by atoms with E-state index in [4.69, 9.17) is 4.74 Å². The number of rotatable bonds is 5. The molecule has 2 heterocycles. The molecule has 5 heteroatoms. The van der Waals surface area contributed by atoms with Crippen LogP contribution in [0.2, 0.25) is 0 Å². The van der Waals surface area contributed by atoms with Crippen molar-refractivity contribution in [3.8, 4) is 5.75 Å². The summed E-state index contributed by atoms with van der Waals surface area (Å²) in [5.41, 5.74) is 3.93. The van der Waals surface area contributed by atoms with Gasteiger partial charge in [0, 0.05) is 51.4 Å². The molecule has 0 aliphatic carbocycles. The quantitative estimate of drug-likeness (QED) is 0.481. The molecule has 2 aliphatic heterocycles. The van der Waals surface area contributed by atoms with E-state index in [9.17, 15) is 0 Å². The number of benzene rings is 2. The Bertz CT molecular complexity index is 867. The molecule has 1 N–H and O–H groups in total. The zero-order valence-corrected chi connectivity index (χ0v) is 17.3. The van der Waals surface area contributed by atoms with E-state index in [1.807, 2.05) is 19.2 Å². The van der Waals surface area contributed by atoms with Crippen LogP contribution in [0, 0.1) is 0 Å². The molecule has 29 heavy (non-hydrogen) atoms.